The molecule has 1 saturated heterocycles. The van der Waals surface area contributed by atoms with Gasteiger partial charge < -0.3 is 10.6 Å². The highest BCUT2D eigenvalue weighted by atomic mass is 16.2. The molecule has 2 fully saturated rings. The van der Waals surface area contributed by atoms with Gasteiger partial charge in [-0.3, -0.25) is 4.79 Å². The molecular formula is C15H20N2O. The van der Waals surface area contributed by atoms with Crippen LogP contribution in [-0.2, 0) is 11.2 Å². The first-order chi connectivity index (χ1) is 8.72. The van der Waals surface area contributed by atoms with Crippen LogP contribution in [0.3, 0.4) is 0 Å². The van der Waals surface area contributed by atoms with Gasteiger partial charge in [-0.25, -0.2) is 0 Å². The Morgan fingerprint density at radius 2 is 1.78 bits per heavy atom. The average Bonchev–Trinajstić information content (AvgIpc) is 2.92. The summed E-state index contributed by atoms with van der Waals surface area (Å²) in [5.41, 5.74) is 7.46. The minimum Gasteiger partial charge on any atom is -0.399 e. The molecule has 2 atom stereocenters. The zero-order valence-corrected chi connectivity index (χ0v) is 10.6. The van der Waals surface area contributed by atoms with E-state index < -0.39 is 0 Å². The summed E-state index contributed by atoms with van der Waals surface area (Å²) in [4.78, 5) is 14.3. The first-order valence-corrected chi connectivity index (χ1v) is 6.84. The molecular weight excluding hydrogens is 224 g/mol. The maximum Gasteiger partial charge on any atom is 0.227 e. The number of benzene rings is 1. The van der Waals surface area contributed by atoms with Crippen LogP contribution >= 0.6 is 0 Å². The Hall–Kier alpha value is -1.51. The fraction of sp³-hybridized carbons (Fsp3) is 0.533. The Morgan fingerprint density at radius 1 is 1.17 bits per heavy atom. The first kappa shape index (κ1) is 11.6. The Labute approximate surface area is 108 Å². The zero-order valence-electron chi connectivity index (χ0n) is 10.6. The quantitative estimate of drug-likeness (QED) is 0.809. The van der Waals surface area contributed by atoms with Gasteiger partial charge in [-0.05, 0) is 42.4 Å². The van der Waals surface area contributed by atoms with Gasteiger partial charge in [0, 0.05) is 18.8 Å². The lowest BCUT2D eigenvalue weighted by Gasteiger charge is -2.17. The number of carbonyl (C=O) groups excluding carboxylic acids is 1. The zero-order chi connectivity index (χ0) is 12.5. The average molecular weight is 244 g/mol. The van der Waals surface area contributed by atoms with Crippen molar-refractivity contribution in [2.45, 2.75) is 25.7 Å². The van der Waals surface area contributed by atoms with E-state index in [9.17, 15) is 4.79 Å². The molecule has 2 aliphatic rings. The molecule has 0 bridgehead atoms. The summed E-state index contributed by atoms with van der Waals surface area (Å²) >= 11 is 0. The van der Waals surface area contributed by atoms with Crippen LogP contribution in [-0.4, -0.2) is 23.9 Å². The number of hydrogen-bond acceptors (Lipinski definition) is 2. The molecule has 1 saturated carbocycles. The molecule has 1 aliphatic heterocycles. The summed E-state index contributed by atoms with van der Waals surface area (Å²) in [5.74, 6) is 1.83. The minimum atomic E-state index is 0.272. The van der Waals surface area contributed by atoms with E-state index in [2.05, 4.69) is 4.90 Å². The van der Waals surface area contributed by atoms with E-state index in [0.29, 0.717) is 6.42 Å². The molecule has 0 aromatic heterocycles. The van der Waals surface area contributed by atoms with Crippen LogP contribution in [0.1, 0.15) is 24.8 Å². The Bertz CT molecular complexity index is 428. The predicted octanol–water partition coefficient (Wildman–Crippen LogP) is 2.07. The molecule has 18 heavy (non-hydrogen) atoms. The predicted molar refractivity (Wildman–Crippen MR) is 72.0 cm³/mol. The monoisotopic (exact) mass is 244 g/mol. The number of nitrogens with zero attached hydrogens (tertiary/aromatic N) is 1. The minimum absolute atomic E-state index is 0.272. The molecule has 3 heteroatoms. The summed E-state index contributed by atoms with van der Waals surface area (Å²) in [5, 5.41) is 0. The third kappa shape index (κ3) is 2.22. The van der Waals surface area contributed by atoms with Gasteiger partial charge >= 0.3 is 0 Å². The van der Waals surface area contributed by atoms with E-state index in [1.165, 1.54) is 19.3 Å². The third-order valence-corrected chi connectivity index (χ3v) is 4.41. The normalized spacial score (nSPS) is 26.3. The SMILES string of the molecule is Nc1ccc(CC(=O)N2CC3CCCC3C2)cc1. The Morgan fingerprint density at radius 3 is 2.39 bits per heavy atom. The number of fused-ring (bicyclic) bond motifs is 1. The van der Waals surface area contributed by atoms with Crippen LogP contribution in [0.2, 0.25) is 0 Å². The van der Waals surface area contributed by atoms with E-state index in [1.54, 1.807) is 0 Å². The van der Waals surface area contributed by atoms with Crippen molar-refractivity contribution in [3.8, 4) is 0 Å². The maximum absolute atomic E-state index is 12.2. The van der Waals surface area contributed by atoms with Crippen molar-refractivity contribution in [2.24, 2.45) is 11.8 Å². The van der Waals surface area contributed by atoms with Crippen molar-refractivity contribution >= 4 is 11.6 Å². The van der Waals surface area contributed by atoms with E-state index in [1.807, 2.05) is 24.3 Å². The topological polar surface area (TPSA) is 46.3 Å². The molecule has 2 N–H and O–H groups in total. The number of likely N-dealkylation sites (tertiary alicyclic amines) is 1. The fourth-order valence-corrected chi connectivity index (χ4v) is 3.36. The molecule has 0 radical (unpaired) electrons. The maximum atomic E-state index is 12.2. The van der Waals surface area contributed by atoms with Gasteiger partial charge in [0.1, 0.15) is 0 Å². The third-order valence-electron chi connectivity index (χ3n) is 4.41. The Balaban J connectivity index is 1.60. The van der Waals surface area contributed by atoms with Crippen LogP contribution in [0.25, 0.3) is 0 Å². The molecule has 96 valence electrons. The van der Waals surface area contributed by atoms with Gasteiger partial charge in [-0.1, -0.05) is 18.6 Å². The van der Waals surface area contributed by atoms with Crippen molar-refractivity contribution < 1.29 is 4.79 Å². The first-order valence-electron chi connectivity index (χ1n) is 6.84. The van der Waals surface area contributed by atoms with Gasteiger partial charge in [0.15, 0.2) is 0 Å². The number of hydrogen-bond donors (Lipinski definition) is 1. The van der Waals surface area contributed by atoms with Gasteiger partial charge in [0.05, 0.1) is 6.42 Å². The smallest absolute Gasteiger partial charge is 0.227 e. The molecule has 0 spiro atoms. The second-order valence-electron chi connectivity index (χ2n) is 5.67. The van der Waals surface area contributed by atoms with Crippen LogP contribution in [0.5, 0.6) is 0 Å². The van der Waals surface area contributed by atoms with Crippen molar-refractivity contribution in [1.29, 1.82) is 0 Å². The summed E-state index contributed by atoms with van der Waals surface area (Å²) in [7, 11) is 0. The number of carbonyl (C=O) groups is 1. The number of anilines is 1. The second-order valence-corrected chi connectivity index (χ2v) is 5.67. The second kappa shape index (κ2) is 4.63. The van der Waals surface area contributed by atoms with Crippen LogP contribution in [0, 0.1) is 11.8 Å². The lowest BCUT2D eigenvalue weighted by molar-refractivity contribution is -0.129. The lowest BCUT2D eigenvalue weighted by atomic mass is 10.0. The van der Waals surface area contributed by atoms with Crippen LogP contribution < -0.4 is 5.73 Å². The standard InChI is InChI=1S/C15H20N2O/c16-14-6-4-11(5-7-14)8-15(18)17-9-12-2-1-3-13(12)10-17/h4-7,12-13H,1-3,8-10,16H2. The summed E-state index contributed by atoms with van der Waals surface area (Å²) in [6.45, 7) is 1.97. The molecule has 1 aromatic carbocycles. The Kier molecular flexibility index (Phi) is 2.98. The van der Waals surface area contributed by atoms with E-state index in [0.717, 1.165) is 36.2 Å². The van der Waals surface area contributed by atoms with Crippen molar-refractivity contribution in [2.75, 3.05) is 18.8 Å². The van der Waals surface area contributed by atoms with Crippen molar-refractivity contribution in [3.63, 3.8) is 0 Å². The van der Waals surface area contributed by atoms with Gasteiger partial charge in [-0.15, -0.1) is 0 Å². The summed E-state index contributed by atoms with van der Waals surface area (Å²) in [6, 6.07) is 7.62. The lowest BCUT2D eigenvalue weighted by Crippen LogP contribution is -2.30. The van der Waals surface area contributed by atoms with E-state index in [4.69, 9.17) is 5.73 Å². The largest absolute Gasteiger partial charge is 0.399 e. The molecule has 2 unspecified atom stereocenters. The highest BCUT2D eigenvalue weighted by Crippen LogP contribution is 2.37. The molecule has 3 nitrogen and oxygen atoms in total. The van der Waals surface area contributed by atoms with Crippen LogP contribution in [0.4, 0.5) is 5.69 Å². The van der Waals surface area contributed by atoms with E-state index in [-0.39, 0.29) is 5.91 Å². The van der Waals surface area contributed by atoms with E-state index >= 15 is 0 Å². The number of amides is 1. The highest BCUT2D eigenvalue weighted by Gasteiger charge is 2.37. The van der Waals surface area contributed by atoms with Crippen molar-refractivity contribution in [1.82, 2.24) is 4.90 Å². The number of rotatable bonds is 2. The fourth-order valence-electron chi connectivity index (χ4n) is 3.36. The molecule has 1 aliphatic carbocycles. The van der Waals surface area contributed by atoms with Gasteiger partial charge in [-0.2, -0.15) is 0 Å². The van der Waals surface area contributed by atoms with Gasteiger partial charge in [0.2, 0.25) is 5.91 Å². The van der Waals surface area contributed by atoms with Gasteiger partial charge in [0.25, 0.3) is 0 Å². The number of nitrogen functional groups attached to an aromatic ring is 1. The van der Waals surface area contributed by atoms with Crippen molar-refractivity contribution in [3.05, 3.63) is 29.8 Å². The molecule has 1 heterocycles. The number of nitrogens with two attached hydrogens (primary N) is 1. The molecule has 1 amide bonds. The molecule has 1 aromatic rings. The summed E-state index contributed by atoms with van der Waals surface area (Å²) in [6.07, 6.45) is 4.50. The van der Waals surface area contributed by atoms with Crippen LogP contribution in [0.15, 0.2) is 24.3 Å². The molecule has 3 rings (SSSR count). The highest BCUT2D eigenvalue weighted by molar-refractivity contribution is 5.79. The summed E-state index contributed by atoms with van der Waals surface area (Å²) < 4.78 is 0.